The van der Waals surface area contributed by atoms with E-state index in [-0.39, 0.29) is 10.9 Å². The smallest absolute Gasteiger partial charge is 0.241 e. The average molecular weight is 295 g/mol. The second-order valence-corrected chi connectivity index (χ2v) is 5.05. The number of carbonyl (C=O) groups excluding carboxylic acids is 1. The summed E-state index contributed by atoms with van der Waals surface area (Å²) in [6.45, 7) is 0.553. The number of nitrogens with zero attached hydrogens (tertiary/aromatic N) is 1. The molecule has 0 aliphatic carbocycles. The first-order valence-electron chi connectivity index (χ1n) is 6.13. The van der Waals surface area contributed by atoms with E-state index >= 15 is 0 Å². The summed E-state index contributed by atoms with van der Waals surface area (Å²) >= 11 is 5.75. The third-order valence-electron chi connectivity index (χ3n) is 3.18. The molecule has 3 N–H and O–H groups in total. The molecule has 2 aromatic rings. The number of carbonyl (C=O) groups is 1. The number of H-pyrrole nitrogens is 1. The molecule has 20 heavy (non-hydrogen) atoms. The van der Waals surface area contributed by atoms with Crippen molar-refractivity contribution in [3.05, 3.63) is 46.8 Å². The highest BCUT2D eigenvalue weighted by atomic mass is 35.5. The number of aromatic amines is 1. The molecule has 1 aromatic carbocycles. The maximum atomic E-state index is 13.2. The standard InChI is InChI=1S/C13H12ClFN4O/c14-7-1-8(15)3-9(2-7)19-13(20)11-4-10-12(5-16-11)18-6-17-10/h1-3,6,11,16H,4-5H2,(H,17,18)(H,19,20). The Kier molecular flexibility index (Phi) is 3.42. The van der Waals surface area contributed by atoms with E-state index in [2.05, 4.69) is 20.6 Å². The second-order valence-electron chi connectivity index (χ2n) is 4.61. The maximum absolute atomic E-state index is 13.2. The van der Waals surface area contributed by atoms with Crippen molar-refractivity contribution >= 4 is 23.2 Å². The van der Waals surface area contributed by atoms with Crippen LogP contribution in [-0.2, 0) is 17.8 Å². The Bertz CT molecular complexity index is 637. The summed E-state index contributed by atoms with van der Waals surface area (Å²) in [7, 11) is 0. The minimum absolute atomic E-state index is 0.236. The molecule has 7 heteroatoms. The molecule has 104 valence electrons. The summed E-state index contributed by atoms with van der Waals surface area (Å²) in [6, 6.07) is 3.53. The maximum Gasteiger partial charge on any atom is 0.241 e. The lowest BCUT2D eigenvalue weighted by atomic mass is 10.0. The van der Waals surface area contributed by atoms with Gasteiger partial charge in [0.05, 0.1) is 23.8 Å². The zero-order chi connectivity index (χ0) is 14.1. The second kappa shape index (κ2) is 5.22. The van der Waals surface area contributed by atoms with Crippen LogP contribution in [0.5, 0.6) is 0 Å². The summed E-state index contributed by atoms with van der Waals surface area (Å²) in [4.78, 5) is 19.3. The summed E-state index contributed by atoms with van der Waals surface area (Å²) in [6.07, 6.45) is 2.10. The number of imidazole rings is 1. The fourth-order valence-corrected chi connectivity index (χ4v) is 2.43. The summed E-state index contributed by atoms with van der Waals surface area (Å²) in [5.74, 6) is -0.723. The predicted octanol–water partition coefficient (Wildman–Crippen LogP) is 1.86. The number of benzene rings is 1. The van der Waals surface area contributed by atoms with Gasteiger partial charge in [0.2, 0.25) is 5.91 Å². The van der Waals surface area contributed by atoms with Gasteiger partial charge < -0.3 is 10.3 Å². The number of fused-ring (bicyclic) bond motifs is 1. The van der Waals surface area contributed by atoms with Crippen molar-refractivity contribution in [2.45, 2.75) is 19.0 Å². The van der Waals surface area contributed by atoms with Crippen molar-refractivity contribution in [2.75, 3.05) is 5.32 Å². The molecule has 1 aliphatic heterocycles. The molecule has 0 spiro atoms. The molecule has 1 atom stereocenters. The van der Waals surface area contributed by atoms with Gasteiger partial charge in [0, 0.05) is 23.7 Å². The van der Waals surface area contributed by atoms with Crippen molar-refractivity contribution in [1.29, 1.82) is 0 Å². The van der Waals surface area contributed by atoms with E-state index in [1.165, 1.54) is 18.2 Å². The Hall–Kier alpha value is -1.92. The van der Waals surface area contributed by atoms with Gasteiger partial charge in [0.1, 0.15) is 5.82 Å². The Balaban J connectivity index is 1.71. The topological polar surface area (TPSA) is 69.8 Å². The summed E-state index contributed by atoms with van der Waals surface area (Å²) < 4.78 is 13.2. The molecule has 0 fully saturated rings. The van der Waals surface area contributed by atoms with Crippen LogP contribution in [0, 0.1) is 5.82 Å². The van der Waals surface area contributed by atoms with Crippen LogP contribution in [0.1, 0.15) is 11.4 Å². The molecule has 1 amide bonds. The van der Waals surface area contributed by atoms with Crippen LogP contribution in [0.2, 0.25) is 5.02 Å². The highest BCUT2D eigenvalue weighted by molar-refractivity contribution is 6.30. The van der Waals surface area contributed by atoms with Crippen molar-refractivity contribution in [2.24, 2.45) is 0 Å². The number of aromatic nitrogens is 2. The van der Waals surface area contributed by atoms with Crippen LogP contribution >= 0.6 is 11.6 Å². The summed E-state index contributed by atoms with van der Waals surface area (Å²) in [5.41, 5.74) is 2.21. The van der Waals surface area contributed by atoms with Crippen molar-refractivity contribution in [1.82, 2.24) is 15.3 Å². The molecule has 0 saturated heterocycles. The monoisotopic (exact) mass is 294 g/mol. The lowest BCUT2D eigenvalue weighted by molar-refractivity contribution is -0.118. The molecule has 3 rings (SSSR count). The van der Waals surface area contributed by atoms with E-state index in [4.69, 9.17) is 11.6 Å². The molecule has 5 nitrogen and oxygen atoms in total. The molecule has 0 saturated carbocycles. The van der Waals surface area contributed by atoms with Crippen LogP contribution in [0.4, 0.5) is 10.1 Å². The number of rotatable bonds is 2. The number of anilines is 1. The lowest BCUT2D eigenvalue weighted by Crippen LogP contribution is -2.44. The van der Waals surface area contributed by atoms with Gasteiger partial charge in [-0.05, 0) is 18.2 Å². The highest BCUT2D eigenvalue weighted by Crippen LogP contribution is 2.19. The predicted molar refractivity (Wildman–Crippen MR) is 73.0 cm³/mol. The number of hydrogen-bond acceptors (Lipinski definition) is 3. The first kappa shape index (κ1) is 13.1. The van der Waals surface area contributed by atoms with Gasteiger partial charge in [0.15, 0.2) is 0 Å². The SMILES string of the molecule is O=C(Nc1cc(F)cc(Cl)c1)C1Cc2nc[nH]c2CN1. The van der Waals surface area contributed by atoms with Crippen LogP contribution in [0.3, 0.4) is 0 Å². The Morgan fingerprint density at radius 3 is 3.10 bits per heavy atom. The van der Waals surface area contributed by atoms with Crippen molar-refractivity contribution in [3.63, 3.8) is 0 Å². The van der Waals surface area contributed by atoms with E-state index < -0.39 is 11.9 Å². The minimum atomic E-state index is -0.487. The van der Waals surface area contributed by atoms with Crippen LogP contribution < -0.4 is 10.6 Å². The Labute approximate surface area is 119 Å². The molecule has 0 radical (unpaired) electrons. The molecule has 1 unspecified atom stereocenters. The highest BCUT2D eigenvalue weighted by Gasteiger charge is 2.25. The van der Waals surface area contributed by atoms with Gasteiger partial charge in [-0.1, -0.05) is 11.6 Å². The number of halogens is 2. The van der Waals surface area contributed by atoms with E-state index in [0.29, 0.717) is 18.7 Å². The molecule has 1 aliphatic rings. The van der Waals surface area contributed by atoms with Gasteiger partial charge in [-0.2, -0.15) is 0 Å². The zero-order valence-corrected chi connectivity index (χ0v) is 11.2. The first-order valence-corrected chi connectivity index (χ1v) is 6.51. The normalized spacial score (nSPS) is 17.6. The van der Waals surface area contributed by atoms with Gasteiger partial charge in [-0.3, -0.25) is 10.1 Å². The third kappa shape index (κ3) is 2.66. The van der Waals surface area contributed by atoms with Crippen molar-refractivity contribution in [3.8, 4) is 0 Å². The molecule has 2 heterocycles. The summed E-state index contributed by atoms with van der Waals surface area (Å²) in [5, 5.41) is 6.00. The average Bonchev–Trinajstić information content (AvgIpc) is 2.84. The zero-order valence-electron chi connectivity index (χ0n) is 10.4. The van der Waals surface area contributed by atoms with Gasteiger partial charge in [-0.15, -0.1) is 0 Å². The van der Waals surface area contributed by atoms with E-state index in [0.717, 1.165) is 11.4 Å². The molecular weight excluding hydrogens is 283 g/mol. The Morgan fingerprint density at radius 2 is 2.30 bits per heavy atom. The first-order chi connectivity index (χ1) is 9.61. The van der Waals surface area contributed by atoms with E-state index in [1.54, 1.807) is 6.33 Å². The fourth-order valence-electron chi connectivity index (χ4n) is 2.21. The van der Waals surface area contributed by atoms with E-state index in [9.17, 15) is 9.18 Å². The van der Waals surface area contributed by atoms with Gasteiger partial charge >= 0.3 is 0 Å². The largest absolute Gasteiger partial charge is 0.347 e. The molecule has 1 aromatic heterocycles. The van der Waals surface area contributed by atoms with Crippen molar-refractivity contribution < 1.29 is 9.18 Å². The van der Waals surface area contributed by atoms with Gasteiger partial charge in [0.25, 0.3) is 0 Å². The quantitative estimate of drug-likeness (QED) is 0.792. The number of amides is 1. The van der Waals surface area contributed by atoms with Crippen LogP contribution in [0.15, 0.2) is 24.5 Å². The van der Waals surface area contributed by atoms with Crippen LogP contribution in [0.25, 0.3) is 0 Å². The van der Waals surface area contributed by atoms with E-state index in [1.807, 2.05) is 0 Å². The molecule has 0 bridgehead atoms. The van der Waals surface area contributed by atoms with Gasteiger partial charge in [-0.25, -0.2) is 9.37 Å². The van der Waals surface area contributed by atoms with Crippen LogP contribution in [-0.4, -0.2) is 21.9 Å². The third-order valence-corrected chi connectivity index (χ3v) is 3.40. The Morgan fingerprint density at radius 1 is 1.45 bits per heavy atom. The lowest BCUT2D eigenvalue weighted by Gasteiger charge is -2.22. The number of hydrogen-bond donors (Lipinski definition) is 3. The number of nitrogens with one attached hydrogen (secondary N) is 3. The minimum Gasteiger partial charge on any atom is -0.347 e. The fraction of sp³-hybridized carbons (Fsp3) is 0.231. The molecular formula is C13H12ClFN4O.